The second-order valence-corrected chi connectivity index (χ2v) is 19.4. The monoisotopic (exact) mass is 842 g/mol. The van der Waals surface area contributed by atoms with Gasteiger partial charge in [-0.3, -0.25) is 14.5 Å². The molecule has 5 rings (SSSR count). The van der Waals surface area contributed by atoms with Crippen molar-refractivity contribution in [2.24, 2.45) is 0 Å². The van der Waals surface area contributed by atoms with E-state index in [1.165, 1.54) is 25.7 Å². The predicted molar refractivity (Wildman–Crippen MR) is 235 cm³/mol. The first-order chi connectivity index (χ1) is 28.2. The van der Waals surface area contributed by atoms with E-state index < -0.39 is 5.97 Å². The topological polar surface area (TPSA) is 169 Å². The van der Waals surface area contributed by atoms with Gasteiger partial charge < -0.3 is 31.7 Å². The number of Topliss-reactive ketones (excluding diaryl/α,β-unsaturated/α-hetero) is 1. The largest absolute Gasteiger partial charge is 0.478 e. The minimum Gasteiger partial charge on any atom is -0.478 e. The van der Waals surface area contributed by atoms with E-state index in [9.17, 15) is 29.1 Å². The second kappa shape index (κ2) is 25.6. The third-order valence-corrected chi connectivity index (χ3v) is 15.2. The number of thioether (sulfide) groups is 2. The smallest absolute Gasteiger partial charge is 0.335 e. The number of carbonyl (C=O) groups is 5. The Bertz CT molecular complexity index is 1450. The van der Waals surface area contributed by atoms with Crippen LogP contribution >= 0.6 is 23.5 Å². The fourth-order valence-corrected chi connectivity index (χ4v) is 11.9. The van der Waals surface area contributed by atoms with Gasteiger partial charge in [-0.15, -0.1) is 0 Å². The van der Waals surface area contributed by atoms with Crippen LogP contribution in [0.25, 0.3) is 0 Å². The van der Waals surface area contributed by atoms with Gasteiger partial charge in [-0.2, -0.15) is 23.5 Å². The number of hydrogen-bond acceptors (Lipinski definition) is 8. The fourth-order valence-electron chi connectivity index (χ4n) is 8.84. The van der Waals surface area contributed by atoms with Crippen LogP contribution in [0.15, 0.2) is 24.3 Å². The van der Waals surface area contributed by atoms with E-state index in [1.807, 2.05) is 35.7 Å². The first kappa shape index (κ1) is 46.1. The Morgan fingerprint density at radius 2 is 1.10 bits per heavy atom. The van der Waals surface area contributed by atoms with E-state index in [-0.39, 0.29) is 42.1 Å². The molecule has 4 heterocycles. The van der Waals surface area contributed by atoms with Gasteiger partial charge in [-0.25, -0.2) is 14.4 Å². The minimum atomic E-state index is -0.898. The average Bonchev–Trinajstić information content (AvgIpc) is 3.97. The van der Waals surface area contributed by atoms with Gasteiger partial charge in [-0.1, -0.05) is 76.3 Å². The van der Waals surface area contributed by atoms with Crippen molar-refractivity contribution in [3.05, 3.63) is 35.4 Å². The third-order valence-electron chi connectivity index (χ3n) is 12.2. The molecule has 58 heavy (non-hydrogen) atoms. The highest BCUT2D eigenvalue weighted by molar-refractivity contribution is 8.00. The zero-order valence-corrected chi connectivity index (χ0v) is 36.3. The molecule has 4 aliphatic heterocycles. The molecule has 12 nitrogen and oxygen atoms in total. The first-order valence-electron chi connectivity index (χ1n) is 22.5. The predicted octanol–water partition coefficient (Wildman–Crippen LogP) is 7.40. The molecule has 0 aromatic heterocycles. The summed E-state index contributed by atoms with van der Waals surface area (Å²) in [7, 11) is 0. The summed E-state index contributed by atoms with van der Waals surface area (Å²) in [6.45, 7) is 3.61. The van der Waals surface area contributed by atoms with Gasteiger partial charge in [0.15, 0.2) is 0 Å². The van der Waals surface area contributed by atoms with Gasteiger partial charge >= 0.3 is 18.0 Å². The Morgan fingerprint density at radius 3 is 1.66 bits per heavy atom. The van der Waals surface area contributed by atoms with Crippen LogP contribution in [-0.4, -0.2) is 106 Å². The van der Waals surface area contributed by atoms with E-state index in [2.05, 4.69) is 31.5 Å². The molecule has 324 valence electrons. The molecule has 4 aliphatic rings. The van der Waals surface area contributed by atoms with Crippen molar-refractivity contribution >= 4 is 53.2 Å². The molecule has 0 aliphatic carbocycles. The van der Waals surface area contributed by atoms with Crippen molar-refractivity contribution in [3.63, 3.8) is 0 Å². The lowest BCUT2D eigenvalue weighted by Gasteiger charge is -2.22. The maximum absolute atomic E-state index is 12.4. The number of carboxylic acid groups (broad SMARTS) is 1. The fraction of sp³-hybridized carbons (Fsp3) is 0.750. The Kier molecular flexibility index (Phi) is 20.4. The number of nitrogens with zero attached hydrogens (tertiary/aromatic N) is 1. The lowest BCUT2D eigenvalue weighted by molar-refractivity contribution is -0.121. The number of fused-ring (bicyclic) bond motifs is 2. The number of ketones is 1. The van der Waals surface area contributed by atoms with Crippen molar-refractivity contribution in [1.29, 1.82) is 0 Å². The Morgan fingerprint density at radius 1 is 0.621 bits per heavy atom. The third kappa shape index (κ3) is 16.2. The summed E-state index contributed by atoms with van der Waals surface area (Å²) in [6.07, 6.45) is 21.5. The molecule has 6 atom stereocenters. The molecule has 4 saturated heterocycles. The van der Waals surface area contributed by atoms with Crippen molar-refractivity contribution in [1.82, 2.24) is 31.5 Å². The highest BCUT2D eigenvalue weighted by atomic mass is 32.2. The van der Waals surface area contributed by atoms with E-state index in [0.717, 1.165) is 133 Å². The number of nitrogens with one attached hydrogen (secondary N) is 5. The van der Waals surface area contributed by atoms with Crippen LogP contribution in [0.4, 0.5) is 9.59 Å². The summed E-state index contributed by atoms with van der Waals surface area (Å²) in [5.41, 5.74) is 1.46. The Hall–Kier alpha value is -2.97. The summed E-state index contributed by atoms with van der Waals surface area (Å²) in [6, 6.07) is 8.18. The van der Waals surface area contributed by atoms with Crippen LogP contribution in [0.2, 0.25) is 0 Å². The molecule has 0 spiro atoms. The molecule has 0 radical (unpaired) electrons. The quantitative estimate of drug-likeness (QED) is 0.0330. The highest BCUT2D eigenvalue weighted by Gasteiger charge is 2.43. The Balaban J connectivity index is 0.845. The molecular formula is C44H70N6O6S2. The number of hydrogen-bond donors (Lipinski definition) is 6. The minimum absolute atomic E-state index is 0.0385. The number of unbranched alkanes of at least 4 members (excludes halogenated alkanes) is 12. The van der Waals surface area contributed by atoms with E-state index in [0.29, 0.717) is 41.1 Å². The Labute approximate surface area is 355 Å². The van der Waals surface area contributed by atoms with E-state index in [1.54, 1.807) is 12.1 Å². The normalized spacial score (nSPS) is 23.3. The van der Waals surface area contributed by atoms with Gasteiger partial charge in [-0.05, 0) is 82.2 Å². The number of carbonyl (C=O) groups excluding carboxylic acids is 4. The number of rotatable bonds is 31. The van der Waals surface area contributed by atoms with Crippen molar-refractivity contribution in [2.45, 2.75) is 176 Å². The van der Waals surface area contributed by atoms with Crippen LogP contribution < -0.4 is 26.6 Å². The zero-order valence-electron chi connectivity index (χ0n) is 34.6. The van der Waals surface area contributed by atoms with E-state index >= 15 is 0 Å². The number of carboxylic acids is 1. The van der Waals surface area contributed by atoms with Crippen LogP contribution in [0.1, 0.15) is 151 Å². The summed E-state index contributed by atoms with van der Waals surface area (Å²) in [5, 5.41) is 25.4. The van der Waals surface area contributed by atoms with Gasteiger partial charge in [0.2, 0.25) is 5.91 Å². The SMILES string of the molecule is O=C(CCCCCCCCCN(CCCCCCCNC(=O)CCCCC1SCC2NC(=O)NC21)Cc1ccc(C(=O)O)cc1)CCCCC1SCC2NC(=O)NC21. The molecule has 0 bridgehead atoms. The summed E-state index contributed by atoms with van der Waals surface area (Å²) >= 11 is 3.86. The molecule has 6 N–H and O–H groups in total. The van der Waals surface area contributed by atoms with Crippen molar-refractivity contribution < 1.29 is 29.1 Å². The number of amides is 5. The number of benzene rings is 1. The maximum atomic E-state index is 12.4. The number of urea groups is 2. The lowest BCUT2D eigenvalue weighted by atomic mass is 10.0. The van der Waals surface area contributed by atoms with Gasteiger partial charge in [0, 0.05) is 54.4 Å². The summed E-state index contributed by atoms with van der Waals surface area (Å²) < 4.78 is 0. The van der Waals surface area contributed by atoms with Gasteiger partial charge in [0.05, 0.1) is 29.7 Å². The first-order valence-corrected chi connectivity index (χ1v) is 24.5. The standard InChI is InChI=1S/C44H70N6O6S2/c51-34(18-10-11-19-37-40-35(30-57-37)46-43(55)48-40)17-9-5-2-1-3-7-15-27-50(29-32-22-24-33(25-23-32)42(53)54)28-16-8-4-6-14-26-45-39(52)21-13-12-20-38-41-36(31-58-38)47-44(56)49-41/h22-25,35-38,40-41H,1-21,26-31H2,(H,45,52)(H,53,54)(H2,46,48,55)(H2,47,49,56). The van der Waals surface area contributed by atoms with Crippen LogP contribution in [-0.2, 0) is 16.1 Å². The average molecular weight is 843 g/mol. The molecular weight excluding hydrogens is 773 g/mol. The zero-order chi connectivity index (χ0) is 41.0. The summed E-state index contributed by atoms with van der Waals surface area (Å²) in [5.74, 6) is 1.59. The van der Waals surface area contributed by atoms with Gasteiger partial charge in [0.1, 0.15) is 5.78 Å². The van der Waals surface area contributed by atoms with E-state index in [4.69, 9.17) is 0 Å². The van der Waals surface area contributed by atoms with Crippen LogP contribution in [0.3, 0.4) is 0 Å². The van der Waals surface area contributed by atoms with Crippen molar-refractivity contribution in [2.75, 3.05) is 31.1 Å². The van der Waals surface area contributed by atoms with Crippen molar-refractivity contribution in [3.8, 4) is 0 Å². The molecule has 6 unspecified atom stereocenters. The molecule has 14 heteroatoms. The van der Waals surface area contributed by atoms with Crippen LogP contribution in [0, 0.1) is 0 Å². The molecule has 4 fully saturated rings. The molecule has 0 saturated carbocycles. The van der Waals surface area contributed by atoms with Crippen LogP contribution in [0.5, 0.6) is 0 Å². The van der Waals surface area contributed by atoms with Gasteiger partial charge in [0.25, 0.3) is 0 Å². The molecule has 1 aromatic carbocycles. The highest BCUT2D eigenvalue weighted by Crippen LogP contribution is 2.34. The second-order valence-electron chi connectivity index (χ2n) is 16.9. The summed E-state index contributed by atoms with van der Waals surface area (Å²) in [4.78, 5) is 61.8. The maximum Gasteiger partial charge on any atom is 0.335 e. The number of aromatic carboxylic acids is 1. The lowest BCUT2D eigenvalue weighted by Crippen LogP contribution is -2.36. The molecule has 5 amide bonds. The molecule has 1 aromatic rings.